The molecule has 0 spiro atoms. The Labute approximate surface area is 98.5 Å². The molecule has 0 saturated carbocycles. The number of pyridine rings is 1. The molecule has 4 nitrogen and oxygen atoms in total. The van der Waals surface area contributed by atoms with Crippen LogP contribution in [-0.4, -0.2) is 18.1 Å². The summed E-state index contributed by atoms with van der Waals surface area (Å²) >= 11 is 0. The highest BCUT2D eigenvalue weighted by Gasteiger charge is 2.01. The highest BCUT2D eigenvalue weighted by molar-refractivity contribution is 5.87. The van der Waals surface area contributed by atoms with E-state index in [1.807, 2.05) is 12.1 Å². The number of nitrogens with zero attached hydrogens (tertiary/aromatic N) is 1. The lowest BCUT2D eigenvalue weighted by molar-refractivity contribution is -0.255. The molecule has 0 radical (unpaired) electrons. The largest absolute Gasteiger partial charge is 0.545 e. The maximum atomic E-state index is 10.7. The number of carbonyl (C=O) groups excluding carboxylic acids is 1. The van der Waals surface area contributed by atoms with Crippen molar-refractivity contribution in [1.29, 1.82) is 0 Å². The van der Waals surface area contributed by atoms with Crippen LogP contribution in [-0.2, 0) is 0 Å². The fourth-order valence-corrected chi connectivity index (χ4v) is 1.50. The summed E-state index contributed by atoms with van der Waals surface area (Å²) in [6, 6.07) is 10.1. The van der Waals surface area contributed by atoms with Crippen molar-refractivity contribution in [1.82, 2.24) is 4.98 Å². The molecule has 0 amide bonds. The molecule has 0 unspecified atom stereocenters. The van der Waals surface area contributed by atoms with Gasteiger partial charge < -0.3 is 14.6 Å². The fraction of sp³-hybridized carbons (Fsp3) is 0.0769. The Morgan fingerprint density at radius 1 is 1.24 bits per heavy atom. The van der Waals surface area contributed by atoms with Crippen LogP contribution in [0.1, 0.15) is 10.4 Å². The van der Waals surface area contributed by atoms with Crippen molar-refractivity contribution < 1.29 is 14.6 Å². The Balaban J connectivity index is 2.38. The number of hydrogen-bond acceptors (Lipinski definition) is 4. The number of aromatic nitrogens is 1. The van der Waals surface area contributed by atoms with Gasteiger partial charge in [-0.05, 0) is 23.3 Å². The molecule has 1 aromatic heterocycles. The minimum atomic E-state index is -1.19. The molecule has 0 N–H and O–H groups in total. The van der Waals surface area contributed by atoms with Gasteiger partial charge in [-0.25, -0.2) is 4.98 Å². The molecular weight excluding hydrogens is 218 g/mol. The summed E-state index contributed by atoms with van der Waals surface area (Å²) in [5.41, 5.74) is 1.76. The van der Waals surface area contributed by atoms with Gasteiger partial charge in [0.05, 0.1) is 13.1 Å². The van der Waals surface area contributed by atoms with Gasteiger partial charge in [0.15, 0.2) is 0 Å². The smallest absolute Gasteiger partial charge is 0.212 e. The van der Waals surface area contributed by atoms with E-state index in [4.69, 9.17) is 4.74 Å². The predicted molar refractivity (Wildman–Crippen MR) is 60.6 cm³/mol. The van der Waals surface area contributed by atoms with E-state index >= 15 is 0 Å². The van der Waals surface area contributed by atoms with Gasteiger partial charge in [0.25, 0.3) is 0 Å². The Morgan fingerprint density at radius 3 is 2.65 bits per heavy atom. The van der Waals surface area contributed by atoms with Crippen molar-refractivity contribution in [3.63, 3.8) is 0 Å². The Kier molecular flexibility index (Phi) is 3.05. The number of methoxy groups -OCH3 is 1. The predicted octanol–water partition coefficient (Wildman–Crippen LogP) is 1.12. The van der Waals surface area contributed by atoms with Crippen LogP contribution < -0.4 is 9.84 Å². The van der Waals surface area contributed by atoms with Crippen molar-refractivity contribution in [2.45, 2.75) is 0 Å². The summed E-state index contributed by atoms with van der Waals surface area (Å²) in [4.78, 5) is 14.8. The lowest BCUT2D eigenvalue weighted by atomic mass is 10.1. The van der Waals surface area contributed by atoms with Gasteiger partial charge in [-0.2, -0.15) is 0 Å². The van der Waals surface area contributed by atoms with Crippen LogP contribution in [0.3, 0.4) is 0 Å². The zero-order valence-corrected chi connectivity index (χ0v) is 9.21. The van der Waals surface area contributed by atoms with Crippen LogP contribution >= 0.6 is 0 Å². The van der Waals surface area contributed by atoms with Crippen molar-refractivity contribution in [3.05, 3.63) is 48.2 Å². The van der Waals surface area contributed by atoms with Crippen LogP contribution in [0.4, 0.5) is 0 Å². The average molecular weight is 228 g/mol. The van der Waals surface area contributed by atoms with Crippen LogP contribution in [0.2, 0.25) is 0 Å². The SMILES string of the molecule is COc1ccc(-c2cccc(C(=O)[O-])c2)cn1. The third-order valence-corrected chi connectivity index (χ3v) is 2.38. The number of carboxylic acid groups (broad SMARTS) is 1. The molecule has 0 aliphatic rings. The van der Waals surface area contributed by atoms with Crippen molar-refractivity contribution >= 4 is 5.97 Å². The maximum Gasteiger partial charge on any atom is 0.212 e. The third-order valence-electron chi connectivity index (χ3n) is 2.38. The van der Waals surface area contributed by atoms with Gasteiger partial charge in [0.2, 0.25) is 5.88 Å². The molecule has 1 aromatic carbocycles. The maximum absolute atomic E-state index is 10.7. The summed E-state index contributed by atoms with van der Waals surface area (Å²) in [5.74, 6) is -0.668. The van der Waals surface area contributed by atoms with Crippen LogP contribution in [0.5, 0.6) is 5.88 Å². The molecular formula is C13H10NO3-. The molecule has 2 aromatic rings. The number of ether oxygens (including phenoxy) is 1. The first-order valence-electron chi connectivity index (χ1n) is 5.02. The van der Waals surface area contributed by atoms with Gasteiger partial charge >= 0.3 is 0 Å². The second-order valence-electron chi connectivity index (χ2n) is 3.46. The lowest BCUT2D eigenvalue weighted by Gasteiger charge is -2.06. The van der Waals surface area contributed by atoms with E-state index in [1.165, 1.54) is 6.07 Å². The molecule has 86 valence electrons. The summed E-state index contributed by atoms with van der Waals surface area (Å²) in [6.07, 6.45) is 1.63. The summed E-state index contributed by atoms with van der Waals surface area (Å²) < 4.78 is 4.95. The van der Waals surface area contributed by atoms with E-state index in [1.54, 1.807) is 31.5 Å². The lowest BCUT2D eigenvalue weighted by Crippen LogP contribution is -2.22. The zero-order chi connectivity index (χ0) is 12.3. The quantitative estimate of drug-likeness (QED) is 0.789. The number of aromatic carboxylic acids is 1. The Bertz CT molecular complexity index is 535. The highest BCUT2D eigenvalue weighted by atomic mass is 16.5. The molecule has 0 atom stereocenters. The monoisotopic (exact) mass is 228 g/mol. The molecule has 0 aliphatic heterocycles. The first-order chi connectivity index (χ1) is 8.20. The molecule has 4 heteroatoms. The topological polar surface area (TPSA) is 62.2 Å². The molecule has 0 saturated heterocycles. The van der Waals surface area contributed by atoms with Gasteiger partial charge in [0, 0.05) is 17.8 Å². The number of benzene rings is 1. The van der Waals surface area contributed by atoms with Crippen LogP contribution in [0.15, 0.2) is 42.6 Å². The van der Waals surface area contributed by atoms with Crippen LogP contribution in [0, 0.1) is 0 Å². The first-order valence-corrected chi connectivity index (χ1v) is 5.02. The van der Waals surface area contributed by atoms with Gasteiger partial charge in [-0.1, -0.05) is 18.2 Å². The summed E-state index contributed by atoms with van der Waals surface area (Å²) in [6.45, 7) is 0. The Morgan fingerprint density at radius 2 is 2.06 bits per heavy atom. The number of rotatable bonds is 3. The normalized spacial score (nSPS) is 9.94. The van der Waals surface area contributed by atoms with Crippen molar-refractivity contribution in [2.75, 3.05) is 7.11 Å². The Hall–Kier alpha value is -2.36. The molecule has 1 heterocycles. The first kappa shape index (κ1) is 11.1. The van der Waals surface area contributed by atoms with E-state index in [-0.39, 0.29) is 5.56 Å². The van der Waals surface area contributed by atoms with E-state index in [0.29, 0.717) is 5.88 Å². The zero-order valence-electron chi connectivity index (χ0n) is 9.21. The summed E-state index contributed by atoms with van der Waals surface area (Å²) in [7, 11) is 1.54. The van der Waals surface area contributed by atoms with Crippen molar-refractivity contribution in [3.8, 4) is 17.0 Å². The second-order valence-corrected chi connectivity index (χ2v) is 3.46. The third kappa shape index (κ3) is 2.42. The molecule has 0 fully saturated rings. The number of carbonyl (C=O) groups is 1. The standard InChI is InChI=1S/C13H11NO3/c1-17-12-6-5-11(8-14-12)9-3-2-4-10(7-9)13(15)16/h2-8H,1H3,(H,15,16)/p-1. The average Bonchev–Trinajstić information content (AvgIpc) is 2.39. The fourth-order valence-electron chi connectivity index (χ4n) is 1.50. The number of carboxylic acids is 1. The van der Waals surface area contributed by atoms with Crippen molar-refractivity contribution in [2.24, 2.45) is 0 Å². The number of hydrogen-bond donors (Lipinski definition) is 0. The minimum absolute atomic E-state index is 0.151. The van der Waals surface area contributed by atoms with E-state index in [9.17, 15) is 9.90 Å². The second kappa shape index (κ2) is 4.65. The van der Waals surface area contributed by atoms with Gasteiger partial charge in [-0.15, -0.1) is 0 Å². The summed E-state index contributed by atoms with van der Waals surface area (Å²) in [5, 5.41) is 10.7. The molecule has 17 heavy (non-hydrogen) atoms. The van der Waals surface area contributed by atoms with E-state index in [2.05, 4.69) is 4.98 Å². The van der Waals surface area contributed by atoms with Gasteiger partial charge in [-0.3, -0.25) is 0 Å². The van der Waals surface area contributed by atoms with E-state index in [0.717, 1.165) is 11.1 Å². The molecule has 0 aliphatic carbocycles. The van der Waals surface area contributed by atoms with E-state index < -0.39 is 5.97 Å². The van der Waals surface area contributed by atoms with Crippen LogP contribution in [0.25, 0.3) is 11.1 Å². The highest BCUT2D eigenvalue weighted by Crippen LogP contribution is 2.21. The van der Waals surface area contributed by atoms with Gasteiger partial charge in [0.1, 0.15) is 0 Å². The molecule has 0 bridgehead atoms. The minimum Gasteiger partial charge on any atom is -0.545 e. The molecule has 2 rings (SSSR count).